The molecule has 0 spiro atoms. The number of fused-ring (bicyclic) bond motifs is 1. The third-order valence-corrected chi connectivity index (χ3v) is 4.49. The van der Waals surface area contributed by atoms with Crippen molar-refractivity contribution in [3.63, 3.8) is 0 Å². The van der Waals surface area contributed by atoms with Crippen LogP contribution in [0.1, 0.15) is 11.3 Å². The fourth-order valence-corrected chi connectivity index (χ4v) is 2.54. The van der Waals surface area contributed by atoms with Crippen molar-refractivity contribution in [3.8, 4) is 0 Å². The van der Waals surface area contributed by atoms with Crippen molar-refractivity contribution >= 4 is 22.0 Å². The molecule has 0 fully saturated rings. The van der Waals surface area contributed by atoms with Crippen LogP contribution in [0.2, 0.25) is 0 Å². The minimum Gasteiger partial charge on any atom is -0.475 e. The zero-order valence-corrected chi connectivity index (χ0v) is 13.9. The zero-order valence-electron chi connectivity index (χ0n) is 13.1. The highest BCUT2D eigenvalue weighted by Crippen LogP contribution is 2.15. The van der Waals surface area contributed by atoms with Gasteiger partial charge in [0.15, 0.2) is 0 Å². The van der Waals surface area contributed by atoms with Gasteiger partial charge in [0.2, 0.25) is 5.96 Å². The van der Waals surface area contributed by atoms with E-state index in [0.717, 1.165) is 9.87 Å². The molecule has 0 radical (unpaired) electrons. The number of halogens is 3. The fourth-order valence-electron chi connectivity index (χ4n) is 1.55. The van der Waals surface area contributed by atoms with E-state index in [4.69, 9.17) is 15.6 Å². The Bertz CT molecular complexity index is 781. The van der Waals surface area contributed by atoms with E-state index in [1.807, 2.05) is 0 Å². The maximum Gasteiger partial charge on any atom is 0.490 e. The smallest absolute Gasteiger partial charge is 0.475 e. The SMILES string of the molecule is CN=C(N)N(C)S(=O)(=O)c1ncc2c(n1)CNC2.O=C(O)C(F)(F)F. The molecule has 0 unspecified atom stereocenters. The summed E-state index contributed by atoms with van der Waals surface area (Å²) in [5.41, 5.74) is 7.09. The normalized spacial score (nSPS) is 14.4. The second-order valence-electron chi connectivity index (χ2n) is 4.59. The summed E-state index contributed by atoms with van der Waals surface area (Å²) in [5.74, 6) is -2.87. The first-order valence-corrected chi connectivity index (χ1v) is 7.92. The predicted molar refractivity (Wildman–Crippen MR) is 78.8 cm³/mol. The van der Waals surface area contributed by atoms with Crippen LogP contribution in [0.15, 0.2) is 16.3 Å². The Hall–Kier alpha value is -2.48. The largest absolute Gasteiger partial charge is 0.490 e. The van der Waals surface area contributed by atoms with E-state index in [1.54, 1.807) is 0 Å². The number of nitrogens with one attached hydrogen (secondary N) is 1. The maximum atomic E-state index is 12.2. The molecule has 14 heteroatoms. The number of carboxylic acids is 1. The first-order valence-electron chi connectivity index (χ1n) is 6.48. The number of nitrogens with two attached hydrogens (primary N) is 1. The summed E-state index contributed by atoms with van der Waals surface area (Å²) < 4.78 is 56.9. The van der Waals surface area contributed by atoms with E-state index in [2.05, 4.69) is 20.3 Å². The summed E-state index contributed by atoms with van der Waals surface area (Å²) in [6.45, 7) is 1.20. The lowest BCUT2D eigenvalue weighted by molar-refractivity contribution is -0.192. The van der Waals surface area contributed by atoms with Crippen LogP contribution in [0.3, 0.4) is 0 Å². The Labute approximate surface area is 140 Å². The molecular weight excluding hydrogens is 369 g/mol. The molecule has 0 bridgehead atoms. The predicted octanol–water partition coefficient (Wildman–Crippen LogP) is -0.722. The van der Waals surface area contributed by atoms with Crippen molar-refractivity contribution < 1.29 is 31.5 Å². The van der Waals surface area contributed by atoms with Crippen molar-refractivity contribution in [2.24, 2.45) is 10.7 Å². The number of rotatable bonds is 2. The van der Waals surface area contributed by atoms with Crippen LogP contribution in [0.5, 0.6) is 0 Å². The first kappa shape index (κ1) is 20.6. The number of guanidine groups is 1. The average Bonchev–Trinajstić information content (AvgIpc) is 3.00. The number of aromatic nitrogens is 2. The molecule has 140 valence electrons. The third-order valence-electron chi connectivity index (χ3n) is 2.93. The van der Waals surface area contributed by atoms with E-state index in [1.165, 1.54) is 20.3 Å². The topological polar surface area (TPSA) is 151 Å². The molecular formula is C11H15F3N6O4S. The molecule has 0 saturated heterocycles. The first-order chi connectivity index (χ1) is 11.4. The molecule has 1 aliphatic rings. The summed E-state index contributed by atoms with van der Waals surface area (Å²) in [6.07, 6.45) is -3.57. The lowest BCUT2D eigenvalue weighted by atomic mass is 10.3. The Balaban J connectivity index is 0.000000381. The van der Waals surface area contributed by atoms with Gasteiger partial charge >= 0.3 is 22.2 Å². The summed E-state index contributed by atoms with van der Waals surface area (Å²) in [6, 6.07) is 0. The number of hydrogen-bond donors (Lipinski definition) is 3. The Morgan fingerprint density at radius 2 is 2.00 bits per heavy atom. The number of sulfonamides is 1. The molecule has 2 rings (SSSR count). The fraction of sp³-hybridized carbons (Fsp3) is 0.455. The molecule has 0 amide bonds. The molecule has 0 aromatic carbocycles. The number of hydrogen-bond acceptors (Lipinski definition) is 7. The molecule has 0 aliphatic carbocycles. The van der Waals surface area contributed by atoms with Crippen molar-refractivity contribution in [2.45, 2.75) is 24.4 Å². The summed E-state index contributed by atoms with van der Waals surface area (Å²) in [7, 11) is -1.12. The Kier molecular flexibility index (Phi) is 6.26. The second-order valence-corrected chi connectivity index (χ2v) is 6.45. The molecule has 1 aliphatic heterocycles. The van der Waals surface area contributed by atoms with Gasteiger partial charge in [-0.3, -0.25) is 4.99 Å². The number of aliphatic imine (C=N–C) groups is 1. The number of nitrogens with zero attached hydrogens (tertiary/aromatic N) is 4. The van der Waals surface area contributed by atoms with Crippen LogP contribution in [0, 0.1) is 0 Å². The zero-order chi connectivity index (χ0) is 19.4. The van der Waals surface area contributed by atoms with Gasteiger partial charge in [0.1, 0.15) is 0 Å². The van der Waals surface area contributed by atoms with Gasteiger partial charge in [-0.2, -0.15) is 21.6 Å². The van der Waals surface area contributed by atoms with E-state index >= 15 is 0 Å². The molecule has 4 N–H and O–H groups in total. The minimum atomic E-state index is -5.08. The maximum absolute atomic E-state index is 12.2. The molecule has 0 atom stereocenters. The van der Waals surface area contributed by atoms with Gasteiger partial charge in [-0.25, -0.2) is 19.1 Å². The molecule has 0 saturated carbocycles. The van der Waals surface area contributed by atoms with Crippen molar-refractivity contribution in [1.29, 1.82) is 0 Å². The lowest BCUT2D eigenvalue weighted by Gasteiger charge is -2.16. The molecule has 1 aromatic rings. The average molecular weight is 384 g/mol. The van der Waals surface area contributed by atoms with Gasteiger partial charge < -0.3 is 16.2 Å². The molecule has 25 heavy (non-hydrogen) atoms. The van der Waals surface area contributed by atoms with Gasteiger partial charge in [-0.05, 0) is 0 Å². The van der Waals surface area contributed by atoms with E-state index in [9.17, 15) is 21.6 Å². The number of alkyl halides is 3. The van der Waals surface area contributed by atoms with E-state index in [0.29, 0.717) is 18.8 Å². The van der Waals surface area contributed by atoms with Crippen molar-refractivity contribution in [2.75, 3.05) is 14.1 Å². The summed E-state index contributed by atoms with van der Waals surface area (Å²) in [5, 5.41) is 9.93. The monoisotopic (exact) mass is 384 g/mol. The van der Waals surface area contributed by atoms with Crippen LogP contribution in [0.25, 0.3) is 0 Å². The molecule has 1 aromatic heterocycles. The van der Waals surface area contributed by atoms with Crippen molar-refractivity contribution in [1.82, 2.24) is 19.6 Å². The van der Waals surface area contributed by atoms with Gasteiger partial charge in [-0.15, -0.1) is 0 Å². The Morgan fingerprint density at radius 3 is 2.48 bits per heavy atom. The van der Waals surface area contributed by atoms with Crippen LogP contribution < -0.4 is 11.1 Å². The van der Waals surface area contributed by atoms with E-state index in [-0.39, 0.29) is 11.1 Å². The summed E-state index contributed by atoms with van der Waals surface area (Å²) >= 11 is 0. The van der Waals surface area contributed by atoms with Gasteiger partial charge in [0.05, 0.1) is 5.69 Å². The quantitative estimate of drug-likeness (QED) is 0.343. The van der Waals surface area contributed by atoms with E-state index < -0.39 is 22.2 Å². The molecule has 10 nitrogen and oxygen atoms in total. The number of aliphatic carboxylic acids is 1. The van der Waals surface area contributed by atoms with Crippen LogP contribution in [-0.4, -0.2) is 60.0 Å². The van der Waals surface area contributed by atoms with Crippen LogP contribution in [0.4, 0.5) is 13.2 Å². The standard InChI is InChI=1S/C9H14N6O2S.C2HF3O2/c1-11-8(10)15(2)18(16,17)9-13-4-6-3-12-5-7(6)14-9;3-2(4,5)1(6)7/h4,12H,3,5H2,1-2H3,(H2,10,11);(H,6,7). The number of carboxylic acid groups (broad SMARTS) is 1. The highest BCUT2D eigenvalue weighted by molar-refractivity contribution is 7.89. The van der Waals surface area contributed by atoms with Gasteiger partial charge in [0.25, 0.3) is 5.16 Å². The highest BCUT2D eigenvalue weighted by atomic mass is 32.2. The number of carbonyl (C=O) groups is 1. The third kappa shape index (κ3) is 4.99. The van der Waals surface area contributed by atoms with Gasteiger partial charge in [-0.1, -0.05) is 0 Å². The van der Waals surface area contributed by atoms with Crippen LogP contribution >= 0.6 is 0 Å². The highest BCUT2D eigenvalue weighted by Gasteiger charge is 2.38. The Morgan fingerprint density at radius 1 is 1.44 bits per heavy atom. The van der Waals surface area contributed by atoms with Crippen LogP contribution in [-0.2, 0) is 27.9 Å². The lowest BCUT2D eigenvalue weighted by Crippen LogP contribution is -2.39. The van der Waals surface area contributed by atoms with Crippen molar-refractivity contribution in [3.05, 3.63) is 17.5 Å². The second kappa shape index (κ2) is 7.60. The molecule has 2 heterocycles. The summed E-state index contributed by atoms with van der Waals surface area (Å²) in [4.78, 5) is 20.4. The van der Waals surface area contributed by atoms with Gasteiger partial charge in [0, 0.05) is 38.9 Å². The minimum absolute atomic E-state index is 0.114.